The second kappa shape index (κ2) is 12.5. The van der Waals surface area contributed by atoms with Crippen LogP contribution in [0.15, 0.2) is 42.5 Å². The van der Waals surface area contributed by atoms with Crippen LogP contribution in [-0.4, -0.2) is 57.1 Å². The summed E-state index contributed by atoms with van der Waals surface area (Å²) in [5.74, 6) is -0.515. The number of nitrogens with zero attached hydrogens (tertiary/aromatic N) is 2. The molecule has 2 aromatic carbocycles. The topological polar surface area (TPSA) is 96.0 Å². The molecule has 0 spiro atoms. The van der Waals surface area contributed by atoms with Crippen LogP contribution in [0, 0.1) is 0 Å². The van der Waals surface area contributed by atoms with Crippen molar-refractivity contribution >= 4 is 50.7 Å². The van der Waals surface area contributed by atoms with E-state index in [9.17, 15) is 18.0 Å². The van der Waals surface area contributed by atoms with Crippen molar-refractivity contribution < 1.29 is 22.7 Å². The van der Waals surface area contributed by atoms with E-state index in [0.717, 1.165) is 22.5 Å². The van der Waals surface area contributed by atoms with E-state index < -0.39 is 28.5 Å². The van der Waals surface area contributed by atoms with Gasteiger partial charge in [-0.25, -0.2) is 8.42 Å². The van der Waals surface area contributed by atoms with Crippen LogP contribution in [-0.2, 0) is 26.2 Å². The number of sulfonamides is 1. The van der Waals surface area contributed by atoms with Crippen LogP contribution in [0.2, 0.25) is 10.0 Å². The summed E-state index contributed by atoms with van der Waals surface area (Å²) in [6.45, 7) is 4.99. The van der Waals surface area contributed by atoms with Crippen molar-refractivity contribution in [1.82, 2.24) is 10.2 Å². The summed E-state index contributed by atoms with van der Waals surface area (Å²) in [6.07, 6.45) is 1.73. The Bertz CT molecular complexity index is 1140. The van der Waals surface area contributed by atoms with Gasteiger partial charge in [-0.05, 0) is 56.2 Å². The van der Waals surface area contributed by atoms with Gasteiger partial charge in [0, 0.05) is 17.6 Å². The van der Waals surface area contributed by atoms with Crippen molar-refractivity contribution in [1.29, 1.82) is 0 Å². The molecule has 0 bridgehead atoms. The molecule has 2 aromatic rings. The van der Waals surface area contributed by atoms with Gasteiger partial charge in [-0.2, -0.15) is 0 Å². The summed E-state index contributed by atoms with van der Waals surface area (Å²) < 4.78 is 31.3. The van der Waals surface area contributed by atoms with Crippen molar-refractivity contribution in [3.8, 4) is 5.75 Å². The highest BCUT2D eigenvalue weighted by molar-refractivity contribution is 7.92. The second-order valence-corrected chi connectivity index (χ2v) is 11.0. The summed E-state index contributed by atoms with van der Waals surface area (Å²) in [7, 11) is -2.42. The molecule has 0 saturated heterocycles. The SMILES string of the molecule is CC[C@H](C)NC(=O)[C@H](C)N(Cc1ccc(Cl)cc1)C(=O)CN(c1ccc(OC)c(Cl)c1)S(C)(=O)=O. The van der Waals surface area contributed by atoms with Crippen molar-refractivity contribution in [2.75, 3.05) is 24.2 Å². The molecule has 0 fully saturated rings. The molecule has 0 unspecified atom stereocenters. The molecular formula is C24H31Cl2N3O5S. The summed E-state index contributed by atoms with van der Waals surface area (Å²) in [6, 6.07) is 10.4. The third-order valence-corrected chi connectivity index (χ3v) is 7.22. The lowest BCUT2D eigenvalue weighted by molar-refractivity contribution is -0.139. The number of methoxy groups -OCH3 is 1. The van der Waals surface area contributed by atoms with Gasteiger partial charge >= 0.3 is 0 Å². The molecule has 0 aliphatic carbocycles. The fraction of sp³-hybridized carbons (Fsp3) is 0.417. The van der Waals surface area contributed by atoms with Gasteiger partial charge in [0.15, 0.2) is 0 Å². The molecule has 1 N–H and O–H groups in total. The summed E-state index contributed by atoms with van der Waals surface area (Å²) in [5, 5.41) is 3.61. The summed E-state index contributed by atoms with van der Waals surface area (Å²) in [5.41, 5.74) is 0.944. The molecule has 192 valence electrons. The summed E-state index contributed by atoms with van der Waals surface area (Å²) >= 11 is 12.2. The van der Waals surface area contributed by atoms with Gasteiger partial charge in [0.1, 0.15) is 18.3 Å². The van der Waals surface area contributed by atoms with Crippen molar-refractivity contribution in [3.05, 3.63) is 58.1 Å². The van der Waals surface area contributed by atoms with E-state index in [4.69, 9.17) is 27.9 Å². The van der Waals surface area contributed by atoms with Crippen molar-refractivity contribution in [3.63, 3.8) is 0 Å². The average Bonchev–Trinajstić information content (AvgIpc) is 2.80. The third-order valence-electron chi connectivity index (χ3n) is 5.54. The molecule has 2 rings (SSSR count). The number of hydrogen-bond donors (Lipinski definition) is 1. The minimum atomic E-state index is -3.86. The number of ether oxygens (including phenoxy) is 1. The van der Waals surface area contributed by atoms with Gasteiger partial charge in [-0.3, -0.25) is 13.9 Å². The Hall–Kier alpha value is -2.49. The van der Waals surface area contributed by atoms with Crippen LogP contribution in [0.1, 0.15) is 32.8 Å². The predicted octanol–water partition coefficient (Wildman–Crippen LogP) is 4.10. The molecule has 2 amide bonds. The Labute approximate surface area is 217 Å². The highest BCUT2D eigenvalue weighted by Gasteiger charge is 2.30. The first kappa shape index (κ1) is 28.7. The number of carbonyl (C=O) groups excluding carboxylic acids is 2. The lowest BCUT2D eigenvalue weighted by Gasteiger charge is -2.32. The molecule has 0 saturated carbocycles. The lowest BCUT2D eigenvalue weighted by atomic mass is 10.1. The largest absolute Gasteiger partial charge is 0.495 e. The van der Waals surface area contributed by atoms with Crippen LogP contribution in [0.4, 0.5) is 5.69 Å². The van der Waals surface area contributed by atoms with Crippen LogP contribution >= 0.6 is 23.2 Å². The van der Waals surface area contributed by atoms with Gasteiger partial charge in [0.25, 0.3) is 0 Å². The maximum Gasteiger partial charge on any atom is 0.244 e. The number of halogens is 2. The minimum absolute atomic E-state index is 0.0774. The second-order valence-electron chi connectivity index (χ2n) is 8.23. The first-order valence-corrected chi connectivity index (χ1v) is 13.6. The van der Waals surface area contributed by atoms with Crippen LogP contribution < -0.4 is 14.4 Å². The molecule has 0 aliphatic rings. The fourth-order valence-corrected chi connectivity index (χ4v) is 4.48. The zero-order chi connectivity index (χ0) is 26.3. The minimum Gasteiger partial charge on any atom is -0.495 e. The highest BCUT2D eigenvalue weighted by atomic mass is 35.5. The zero-order valence-electron chi connectivity index (χ0n) is 20.4. The molecule has 0 aromatic heterocycles. The number of rotatable bonds is 11. The zero-order valence-corrected chi connectivity index (χ0v) is 22.7. The molecule has 11 heteroatoms. The normalized spacial score (nSPS) is 13.0. The van der Waals surface area contributed by atoms with E-state index in [1.54, 1.807) is 31.2 Å². The average molecular weight is 545 g/mol. The van der Waals surface area contributed by atoms with Crippen LogP contribution in [0.3, 0.4) is 0 Å². The molecule has 35 heavy (non-hydrogen) atoms. The Morgan fingerprint density at radius 1 is 1.09 bits per heavy atom. The van der Waals surface area contributed by atoms with Gasteiger partial charge in [-0.1, -0.05) is 42.3 Å². The monoisotopic (exact) mass is 543 g/mol. The highest BCUT2D eigenvalue weighted by Crippen LogP contribution is 2.30. The lowest BCUT2D eigenvalue weighted by Crippen LogP contribution is -2.52. The Kier molecular flexibility index (Phi) is 10.2. The van der Waals surface area contributed by atoms with Gasteiger partial charge in [0.05, 0.1) is 24.1 Å². The van der Waals surface area contributed by atoms with Crippen molar-refractivity contribution in [2.24, 2.45) is 0 Å². The summed E-state index contributed by atoms with van der Waals surface area (Å²) in [4.78, 5) is 27.7. The quantitative estimate of drug-likeness (QED) is 0.460. The van der Waals surface area contributed by atoms with Gasteiger partial charge < -0.3 is 15.0 Å². The van der Waals surface area contributed by atoms with Crippen LogP contribution in [0.5, 0.6) is 5.75 Å². The Morgan fingerprint density at radius 3 is 2.23 bits per heavy atom. The van der Waals surface area contributed by atoms with Gasteiger partial charge in [-0.15, -0.1) is 0 Å². The number of carbonyl (C=O) groups is 2. The Balaban J connectivity index is 2.40. The maximum atomic E-state index is 13.5. The van der Waals surface area contributed by atoms with E-state index in [-0.39, 0.29) is 29.2 Å². The number of anilines is 1. The van der Waals surface area contributed by atoms with Gasteiger partial charge in [0.2, 0.25) is 21.8 Å². The first-order chi connectivity index (χ1) is 16.4. The predicted molar refractivity (Wildman–Crippen MR) is 140 cm³/mol. The number of benzene rings is 2. The van der Waals surface area contributed by atoms with E-state index in [1.807, 2.05) is 13.8 Å². The smallest absolute Gasteiger partial charge is 0.244 e. The molecule has 0 heterocycles. The first-order valence-electron chi connectivity index (χ1n) is 11.0. The molecule has 2 atom stereocenters. The van der Waals surface area contributed by atoms with E-state index >= 15 is 0 Å². The molecular weight excluding hydrogens is 513 g/mol. The Morgan fingerprint density at radius 2 is 1.71 bits per heavy atom. The van der Waals surface area contributed by atoms with E-state index in [0.29, 0.717) is 10.8 Å². The van der Waals surface area contributed by atoms with E-state index in [1.165, 1.54) is 30.2 Å². The molecule has 8 nitrogen and oxygen atoms in total. The number of nitrogens with one attached hydrogen (secondary N) is 1. The van der Waals surface area contributed by atoms with Crippen molar-refractivity contribution in [2.45, 2.75) is 45.8 Å². The van der Waals surface area contributed by atoms with E-state index in [2.05, 4.69) is 5.32 Å². The fourth-order valence-electron chi connectivity index (χ4n) is 3.26. The van der Waals surface area contributed by atoms with Crippen LogP contribution in [0.25, 0.3) is 0 Å². The molecule has 0 radical (unpaired) electrons. The number of amides is 2. The third kappa shape index (κ3) is 8.02. The maximum absolute atomic E-state index is 13.5. The number of hydrogen-bond acceptors (Lipinski definition) is 5. The standard InChI is InChI=1S/C24H31Cl2N3O5S/c1-6-16(2)27-24(31)17(3)28(14-18-7-9-19(25)10-8-18)23(30)15-29(35(5,32)33)20-11-12-22(34-4)21(26)13-20/h7-13,16-17H,6,14-15H2,1-5H3,(H,27,31)/t16-,17-/m0/s1. The molecule has 0 aliphatic heterocycles.